The van der Waals surface area contributed by atoms with E-state index < -0.39 is 23.8 Å². The highest BCUT2D eigenvalue weighted by atomic mass is 16.5. The van der Waals surface area contributed by atoms with Crippen LogP contribution >= 0.6 is 0 Å². The summed E-state index contributed by atoms with van der Waals surface area (Å²) in [5.74, 6) is -1.95. The summed E-state index contributed by atoms with van der Waals surface area (Å²) in [6.45, 7) is 12.4. The summed E-state index contributed by atoms with van der Waals surface area (Å²) in [7, 11) is 0. The highest BCUT2D eigenvalue weighted by molar-refractivity contribution is 5.91. The van der Waals surface area contributed by atoms with Crippen molar-refractivity contribution in [1.82, 2.24) is 26.6 Å². The molecule has 12 nitrogen and oxygen atoms in total. The van der Waals surface area contributed by atoms with Gasteiger partial charge in [-0.25, -0.2) is 0 Å². The van der Waals surface area contributed by atoms with Crippen molar-refractivity contribution < 1.29 is 33.4 Å². The molecule has 0 aliphatic rings. The van der Waals surface area contributed by atoms with Crippen molar-refractivity contribution >= 4 is 29.5 Å². The SMILES string of the molecule is CC(=O)NCC(=O)NC(C(=O)NCC(=O)NCCOCCOCCNC(=O)CC(C)(C)C)C(C)C. The molecule has 0 heterocycles. The third kappa shape index (κ3) is 19.3. The van der Waals surface area contributed by atoms with E-state index in [2.05, 4.69) is 26.6 Å². The molecule has 0 fully saturated rings. The van der Waals surface area contributed by atoms with E-state index in [9.17, 15) is 24.0 Å². The van der Waals surface area contributed by atoms with Crippen LogP contribution in [-0.2, 0) is 33.4 Å². The molecule has 0 aromatic carbocycles. The van der Waals surface area contributed by atoms with Crippen molar-refractivity contribution in [2.24, 2.45) is 11.3 Å². The Bertz CT molecular complexity index is 692. The van der Waals surface area contributed by atoms with Gasteiger partial charge < -0.3 is 36.1 Å². The second-order valence-corrected chi connectivity index (χ2v) is 9.58. The molecule has 5 amide bonds. The first-order valence-corrected chi connectivity index (χ1v) is 11.8. The third-order valence-electron chi connectivity index (χ3n) is 4.39. The van der Waals surface area contributed by atoms with Crippen molar-refractivity contribution in [3.05, 3.63) is 0 Å². The largest absolute Gasteiger partial charge is 0.377 e. The molecule has 0 saturated heterocycles. The van der Waals surface area contributed by atoms with Crippen molar-refractivity contribution in [3.63, 3.8) is 0 Å². The van der Waals surface area contributed by atoms with Crippen LogP contribution in [-0.4, -0.2) is 88.2 Å². The summed E-state index contributed by atoms with van der Waals surface area (Å²) in [5, 5.41) is 12.8. The van der Waals surface area contributed by atoms with Crippen LogP contribution in [0.2, 0.25) is 0 Å². The molecule has 1 atom stereocenters. The molecule has 202 valence electrons. The summed E-state index contributed by atoms with van der Waals surface area (Å²) < 4.78 is 10.7. The van der Waals surface area contributed by atoms with Gasteiger partial charge in [-0.3, -0.25) is 24.0 Å². The van der Waals surface area contributed by atoms with Crippen LogP contribution in [0.1, 0.15) is 48.0 Å². The van der Waals surface area contributed by atoms with Gasteiger partial charge in [-0.15, -0.1) is 0 Å². The highest BCUT2D eigenvalue weighted by Crippen LogP contribution is 2.17. The molecule has 0 spiro atoms. The zero-order valence-electron chi connectivity index (χ0n) is 21.9. The molecule has 5 N–H and O–H groups in total. The molecule has 12 heteroatoms. The van der Waals surface area contributed by atoms with Crippen LogP contribution in [0.15, 0.2) is 0 Å². The molecule has 0 rings (SSSR count). The van der Waals surface area contributed by atoms with Crippen LogP contribution in [0.3, 0.4) is 0 Å². The normalized spacial score (nSPS) is 12.0. The zero-order chi connectivity index (χ0) is 26.9. The Balaban J connectivity index is 3.87. The maximum Gasteiger partial charge on any atom is 0.243 e. The number of hydrogen-bond acceptors (Lipinski definition) is 7. The lowest BCUT2D eigenvalue weighted by Crippen LogP contribution is -2.53. The zero-order valence-corrected chi connectivity index (χ0v) is 21.9. The van der Waals surface area contributed by atoms with E-state index in [0.29, 0.717) is 32.8 Å². The van der Waals surface area contributed by atoms with E-state index in [1.54, 1.807) is 13.8 Å². The number of nitrogens with one attached hydrogen (secondary N) is 5. The smallest absolute Gasteiger partial charge is 0.243 e. The van der Waals surface area contributed by atoms with Crippen LogP contribution in [0, 0.1) is 11.3 Å². The van der Waals surface area contributed by atoms with Gasteiger partial charge in [-0.05, 0) is 11.3 Å². The molecular formula is C23H43N5O7. The lowest BCUT2D eigenvalue weighted by atomic mass is 9.92. The number of ether oxygens (including phenoxy) is 2. The molecule has 0 aliphatic carbocycles. The first kappa shape index (κ1) is 32.3. The summed E-state index contributed by atoms with van der Waals surface area (Å²) in [6, 6.07) is -0.834. The molecular weight excluding hydrogens is 458 g/mol. The molecule has 0 aliphatic heterocycles. The van der Waals surface area contributed by atoms with Crippen molar-refractivity contribution in [3.8, 4) is 0 Å². The minimum atomic E-state index is -0.834. The Kier molecular flexibility index (Phi) is 16.3. The molecule has 1 unspecified atom stereocenters. The molecule has 0 aromatic rings. The fourth-order valence-corrected chi connectivity index (χ4v) is 2.70. The second kappa shape index (κ2) is 17.7. The molecule has 35 heavy (non-hydrogen) atoms. The predicted octanol–water partition coefficient (Wildman–Crippen LogP) is -0.919. The van der Waals surface area contributed by atoms with E-state index in [-0.39, 0.29) is 49.4 Å². The molecule has 0 bridgehead atoms. The topological polar surface area (TPSA) is 164 Å². The minimum Gasteiger partial charge on any atom is -0.377 e. The Morgan fingerprint density at radius 2 is 1.23 bits per heavy atom. The first-order valence-electron chi connectivity index (χ1n) is 11.8. The van der Waals surface area contributed by atoms with Gasteiger partial charge in [-0.2, -0.15) is 0 Å². The first-order chi connectivity index (χ1) is 16.3. The number of carbonyl (C=O) groups is 5. The molecule has 0 aromatic heterocycles. The monoisotopic (exact) mass is 501 g/mol. The highest BCUT2D eigenvalue weighted by Gasteiger charge is 2.24. The van der Waals surface area contributed by atoms with Gasteiger partial charge >= 0.3 is 0 Å². The second-order valence-electron chi connectivity index (χ2n) is 9.58. The summed E-state index contributed by atoms with van der Waals surface area (Å²) in [4.78, 5) is 58.7. The van der Waals surface area contributed by atoms with E-state index in [1.807, 2.05) is 20.8 Å². The number of hydrogen-bond donors (Lipinski definition) is 5. The fraction of sp³-hybridized carbons (Fsp3) is 0.783. The minimum absolute atomic E-state index is 0.00396. The number of amides is 5. The van der Waals surface area contributed by atoms with Crippen LogP contribution in [0.25, 0.3) is 0 Å². The van der Waals surface area contributed by atoms with Crippen molar-refractivity contribution in [2.75, 3.05) is 52.6 Å². The van der Waals surface area contributed by atoms with Gasteiger partial charge in [0.25, 0.3) is 0 Å². The average Bonchev–Trinajstić information content (AvgIpc) is 2.74. The van der Waals surface area contributed by atoms with E-state index >= 15 is 0 Å². The van der Waals surface area contributed by atoms with Gasteiger partial charge in [0.2, 0.25) is 29.5 Å². The van der Waals surface area contributed by atoms with Crippen molar-refractivity contribution in [2.45, 2.75) is 54.0 Å². The summed E-state index contributed by atoms with van der Waals surface area (Å²) >= 11 is 0. The standard InChI is InChI=1S/C23H43N5O7/c1-16(2)21(28-20(32)15-26-17(3)29)22(33)27-14-19(31)25-8-10-35-12-11-34-9-7-24-18(30)13-23(4,5)6/h16,21H,7-15H2,1-6H3,(H,24,30)(H,25,31)(H,26,29)(H,27,33)(H,28,32). The van der Waals surface area contributed by atoms with Gasteiger partial charge in [0, 0.05) is 26.4 Å². The van der Waals surface area contributed by atoms with Crippen LogP contribution < -0.4 is 26.6 Å². The maximum atomic E-state index is 12.3. The Labute approximate surface area is 208 Å². The van der Waals surface area contributed by atoms with Gasteiger partial charge in [0.1, 0.15) is 6.04 Å². The van der Waals surface area contributed by atoms with Crippen LogP contribution in [0.4, 0.5) is 0 Å². The molecule has 0 saturated carbocycles. The van der Waals surface area contributed by atoms with E-state index in [4.69, 9.17) is 9.47 Å². The lowest BCUT2D eigenvalue weighted by molar-refractivity contribution is -0.131. The van der Waals surface area contributed by atoms with E-state index in [0.717, 1.165) is 0 Å². The average molecular weight is 502 g/mol. The fourth-order valence-electron chi connectivity index (χ4n) is 2.70. The van der Waals surface area contributed by atoms with Gasteiger partial charge in [0.15, 0.2) is 0 Å². The third-order valence-corrected chi connectivity index (χ3v) is 4.39. The van der Waals surface area contributed by atoms with Gasteiger partial charge in [-0.1, -0.05) is 34.6 Å². The number of rotatable bonds is 17. The molecule has 0 radical (unpaired) electrons. The summed E-state index contributed by atoms with van der Waals surface area (Å²) in [6.07, 6.45) is 0.459. The van der Waals surface area contributed by atoms with Crippen molar-refractivity contribution in [1.29, 1.82) is 0 Å². The Morgan fingerprint density at radius 3 is 1.71 bits per heavy atom. The van der Waals surface area contributed by atoms with Crippen LogP contribution in [0.5, 0.6) is 0 Å². The lowest BCUT2D eigenvalue weighted by Gasteiger charge is -2.21. The Hall–Kier alpha value is -2.73. The predicted molar refractivity (Wildman–Crippen MR) is 130 cm³/mol. The summed E-state index contributed by atoms with van der Waals surface area (Å²) in [5.41, 5.74) is -0.0522. The quantitative estimate of drug-likeness (QED) is 0.161. The maximum absolute atomic E-state index is 12.3. The van der Waals surface area contributed by atoms with Gasteiger partial charge in [0.05, 0.1) is 39.5 Å². The number of carbonyl (C=O) groups excluding carboxylic acids is 5. The Morgan fingerprint density at radius 1 is 0.714 bits per heavy atom. The van der Waals surface area contributed by atoms with E-state index in [1.165, 1.54) is 6.92 Å².